The highest BCUT2D eigenvalue weighted by molar-refractivity contribution is 6.31. The second kappa shape index (κ2) is 28.8. The number of aliphatic carboxylic acids is 1. The molecule has 12 rings (SSSR count). The van der Waals surface area contributed by atoms with Crippen LogP contribution in [-0.4, -0.2) is 229 Å². The Bertz CT molecular complexity index is 4040. The average Bonchev–Trinajstić information content (AvgIpc) is 0.875. The fourth-order valence-corrected chi connectivity index (χ4v) is 14.6. The highest BCUT2D eigenvalue weighted by atomic mass is 16.7. The van der Waals surface area contributed by atoms with Crippen LogP contribution in [-0.2, 0) is 63.6 Å². The van der Waals surface area contributed by atoms with Gasteiger partial charge in [-0.25, -0.2) is 4.79 Å². The van der Waals surface area contributed by atoms with E-state index in [0.717, 1.165) is 5.09 Å². The number of methoxy groups -OCH3 is 2. The molecule has 5 aromatic rings. The minimum Gasteiger partial charge on any atom is -0.507 e. The van der Waals surface area contributed by atoms with Gasteiger partial charge in [0.25, 0.3) is 5.91 Å². The number of carboxylic acid groups (broad SMARTS) is 1. The summed E-state index contributed by atoms with van der Waals surface area (Å²) in [4.78, 5) is 116. The predicted molar refractivity (Wildman–Crippen MR) is 343 cm³/mol. The van der Waals surface area contributed by atoms with Gasteiger partial charge in [-0.05, 0) is 55.7 Å². The number of aromatic amines is 1. The molecule has 5 amide bonds. The zero-order valence-corrected chi connectivity index (χ0v) is 54.7. The van der Waals surface area contributed by atoms with Gasteiger partial charge in [0.2, 0.25) is 29.4 Å². The number of hydrogen-bond acceptors (Lipinski definition) is 24. The van der Waals surface area contributed by atoms with Crippen molar-refractivity contribution < 1.29 is 109 Å². The maximum absolute atomic E-state index is 14.6. The van der Waals surface area contributed by atoms with Crippen molar-refractivity contribution in [3.8, 4) is 39.8 Å². The van der Waals surface area contributed by atoms with Gasteiger partial charge in [0.05, 0.1) is 72.4 Å². The number of aliphatic hydroxyl groups is 4. The van der Waals surface area contributed by atoms with Gasteiger partial charge < -0.3 is 90.2 Å². The van der Waals surface area contributed by atoms with Gasteiger partial charge in [-0.15, -0.1) is 5.10 Å². The van der Waals surface area contributed by atoms with Crippen LogP contribution in [0.25, 0.3) is 22.5 Å². The Morgan fingerprint density at radius 3 is 2.23 bits per heavy atom. The Labute approximate surface area is 567 Å². The molecule has 1 aromatic heterocycles. The van der Waals surface area contributed by atoms with Crippen molar-refractivity contribution in [3.63, 3.8) is 0 Å². The Balaban J connectivity index is 0.728. The number of nitrogens with zero attached hydrogens (tertiary/aromatic N) is 4. The standard InChI is InChI=1S/C68H79N9O22/c1-30(2)49(72-43(78)19-10-11-20-44(79)77-38-16-8-6-13-33(38)50-51(74-75-73-50)34-14-7-9-17-39(34)77)62(88)71-37(29-96-65-58(86)56(84)57(85)60(99-65)64(89)90)61(87)69-21-22-70-67(91)68(92)27-36-46(55(83)48-47(53(36)81)52(80)35-15-12-18-41(93-4)45(35)54(48)82)42(28-68)97-32-25-31(3)59-40(26-32)76-23-24-95-66(94-5)63(76)98-59/h6-9,12-18,30-32,37,40,42,49,56-60,63,65-66,81,83-86,92H,10-11,19-29H2,1-5H3,(H,69,87)(H,70,91)(H,71,88)(H,72,78)(H,89,90)(H,73,74,75)/t31-,32-,37+,40+,42+,49+,56+,57+,58-,59-,60+,63-,65-,66+,68+/m1/s1/i/hT. The smallest absolute Gasteiger partial charge is 0.335 e. The van der Waals surface area contributed by atoms with Gasteiger partial charge in [-0.2, -0.15) is 0 Å². The Hall–Kier alpha value is -8.86. The molecule has 31 heteroatoms. The minimum absolute atomic E-state index is 0.0168. The molecule has 5 heterocycles. The molecule has 99 heavy (non-hydrogen) atoms. The number of H-pyrrole nitrogens is 1. The number of ketones is 2. The lowest BCUT2D eigenvalue weighted by atomic mass is 9.72. The molecule has 4 fully saturated rings. The Morgan fingerprint density at radius 2 is 1.51 bits per heavy atom. The van der Waals surface area contributed by atoms with E-state index in [1.54, 1.807) is 67.3 Å². The number of unbranched alkanes of at least 4 members (excludes halogenated alkanes) is 1. The van der Waals surface area contributed by atoms with Crippen LogP contribution < -0.4 is 30.9 Å². The van der Waals surface area contributed by atoms with E-state index in [0.29, 0.717) is 59.9 Å². The summed E-state index contributed by atoms with van der Waals surface area (Å²) in [5, 5.41) is 98.0. The van der Waals surface area contributed by atoms with Crippen molar-refractivity contribution in [2.75, 3.05) is 52.0 Å². The van der Waals surface area contributed by atoms with Gasteiger partial charge in [0.15, 0.2) is 32.1 Å². The molecule has 1 saturated carbocycles. The molecule has 12 N–H and O–H groups in total. The number of rotatable bonds is 22. The average molecular weight is 1380 g/mol. The van der Waals surface area contributed by atoms with E-state index < -0.39 is 175 Å². The molecule has 4 aromatic carbocycles. The summed E-state index contributed by atoms with van der Waals surface area (Å²) in [6.45, 7) is 4.30. The number of carboxylic acids is 1. The molecular weight excluding hydrogens is 1290 g/mol. The van der Waals surface area contributed by atoms with Crippen molar-refractivity contribution in [2.24, 2.45) is 11.8 Å². The first-order valence-corrected chi connectivity index (χ1v) is 32.8. The number of aliphatic hydroxyl groups excluding tert-OH is 3. The maximum Gasteiger partial charge on any atom is 0.335 e. The second-order valence-corrected chi connectivity index (χ2v) is 26.2. The number of morpholine rings is 1. The number of phenolic OH excluding ortho intramolecular Hbond substituents is 2. The number of fused-ring (bicyclic) bond motifs is 11. The summed E-state index contributed by atoms with van der Waals surface area (Å²) in [5.41, 5.74) is -1.23. The second-order valence-electron chi connectivity index (χ2n) is 26.2. The molecule has 528 valence electrons. The zero-order chi connectivity index (χ0) is 71.3. The molecule has 3 saturated heterocycles. The fraction of sp³-hybridized carbons (Fsp3) is 0.500. The zero-order valence-electron chi connectivity index (χ0n) is 55.7. The number of anilines is 2. The first kappa shape index (κ1) is 68.7. The molecule has 0 unspecified atom stereocenters. The highest BCUT2D eigenvalue weighted by Gasteiger charge is 2.55. The van der Waals surface area contributed by atoms with Crippen LogP contribution in [0.1, 0.15) is 115 Å². The number of carbonyl (C=O) groups excluding carboxylic acids is 7. The number of ether oxygens (including phenoxy) is 7. The summed E-state index contributed by atoms with van der Waals surface area (Å²) in [7, 11) is 2.82. The van der Waals surface area contributed by atoms with Crippen LogP contribution >= 0.6 is 0 Å². The number of para-hydroxylation sites is 2. The van der Waals surface area contributed by atoms with Crippen LogP contribution in [0.15, 0.2) is 66.7 Å². The number of carbonyl (C=O) groups is 8. The molecule has 0 bridgehead atoms. The highest BCUT2D eigenvalue weighted by Crippen LogP contribution is 2.54. The number of amides is 5. The van der Waals surface area contributed by atoms with Crippen molar-refractivity contribution in [3.05, 3.63) is 100 Å². The van der Waals surface area contributed by atoms with Gasteiger partial charge in [0, 0.05) is 86.3 Å². The topological polar surface area (TPSA) is 439 Å². The van der Waals surface area contributed by atoms with E-state index in [1.807, 2.05) is 6.92 Å². The molecule has 7 aliphatic rings. The number of aromatic nitrogens is 3. The van der Waals surface area contributed by atoms with E-state index in [4.69, 9.17) is 34.6 Å². The number of aromatic hydroxyl groups is 2. The third kappa shape index (κ3) is 13.2. The molecular formula is C68H79N9O22. The summed E-state index contributed by atoms with van der Waals surface area (Å²) in [6, 6.07) is 15.2. The third-order valence-corrected chi connectivity index (χ3v) is 19.5. The molecule has 3 aliphatic carbocycles. The first-order valence-electron chi connectivity index (χ1n) is 33.3. The lowest BCUT2D eigenvalue weighted by Crippen LogP contribution is -2.61. The monoisotopic (exact) mass is 1380 g/mol. The third-order valence-electron chi connectivity index (χ3n) is 19.5. The van der Waals surface area contributed by atoms with Crippen LogP contribution in [0.2, 0.25) is 1.41 Å². The van der Waals surface area contributed by atoms with Gasteiger partial charge >= 0.3 is 5.97 Å². The predicted octanol–water partition coefficient (Wildman–Crippen LogP) is 1.27. The van der Waals surface area contributed by atoms with E-state index in [-0.39, 0.29) is 77.7 Å². The Morgan fingerprint density at radius 1 is 0.808 bits per heavy atom. The number of benzene rings is 4. The minimum atomic E-state index is -2.49. The van der Waals surface area contributed by atoms with Crippen molar-refractivity contribution in [2.45, 2.75) is 157 Å². The normalized spacial score (nSPS) is 27.4. The summed E-state index contributed by atoms with van der Waals surface area (Å²) >= 11 is 0. The maximum atomic E-state index is 14.6. The van der Waals surface area contributed by atoms with Gasteiger partial charge in [-0.1, -0.05) is 74.5 Å². The molecule has 0 spiro atoms. The van der Waals surface area contributed by atoms with Crippen LogP contribution in [0, 0.1) is 11.8 Å². The van der Waals surface area contributed by atoms with E-state index >= 15 is 0 Å². The summed E-state index contributed by atoms with van der Waals surface area (Å²) < 4.78 is 49.6. The summed E-state index contributed by atoms with van der Waals surface area (Å²) in [5.74, 6) is -9.51. The molecule has 31 nitrogen and oxygen atoms in total. The number of hydrogen-bond donors (Lipinski definition) is 12. The van der Waals surface area contributed by atoms with E-state index in [9.17, 15) is 74.1 Å². The summed E-state index contributed by atoms with van der Waals surface area (Å²) in [6.07, 6.45) is -14.2. The van der Waals surface area contributed by atoms with Gasteiger partial charge in [-0.3, -0.25) is 48.5 Å². The lowest BCUT2D eigenvalue weighted by Gasteiger charge is -2.43. The van der Waals surface area contributed by atoms with Crippen LogP contribution in [0.5, 0.6) is 17.2 Å². The quantitative estimate of drug-likeness (QED) is 0.0336. The van der Waals surface area contributed by atoms with Crippen molar-refractivity contribution in [1.82, 2.24) is 41.6 Å². The van der Waals surface area contributed by atoms with Gasteiger partial charge in [0.1, 0.15) is 58.9 Å². The SMILES string of the molecule is [3H]n1nnc2c1-c1ccccc1N(C(=O)CCCCC(=O)N[C@H](C(=O)N[C@@H](CO[C@@H]1O[C@H](C(=O)O)[C@@H](O)[C@H](O)[C@H]1O)C(=O)NCCNC(=O)[C@]1(O)Cc3c(O)c4c(c(O)c3[C@@H](O[C@@H]3C[C@@H](C)[C@H]5O[C@@H]6[C@@H](OC)OCCN6[C@H]5C3)C1)C(=O)c1c(OC)cccc1C4=O)C(C)C)c1ccccc1-2. The van der Waals surface area contributed by atoms with E-state index in [1.165, 1.54) is 32.4 Å². The lowest BCUT2D eigenvalue weighted by molar-refractivity contribution is -0.294. The molecule has 4 aliphatic heterocycles. The largest absolute Gasteiger partial charge is 0.507 e. The number of nitrogens with one attached hydrogen (secondary N) is 5. The van der Waals surface area contributed by atoms with Crippen molar-refractivity contribution in [1.29, 1.82) is 0 Å². The van der Waals surface area contributed by atoms with Crippen molar-refractivity contribution >= 4 is 58.4 Å². The number of phenols is 2. The van der Waals surface area contributed by atoms with Crippen LogP contribution in [0.3, 0.4) is 0 Å². The molecule has 15 atom stereocenters. The van der Waals surface area contributed by atoms with Crippen LogP contribution in [0.4, 0.5) is 11.4 Å². The van der Waals surface area contributed by atoms with E-state index in [2.05, 4.69) is 36.5 Å². The fourth-order valence-electron chi connectivity index (χ4n) is 14.6. The molecule has 0 radical (unpaired) electrons. The Kier molecular flexibility index (Phi) is 20.0. The first-order chi connectivity index (χ1) is 47.8.